The van der Waals surface area contributed by atoms with Crippen LogP contribution in [0.25, 0.3) is 0 Å². The SMILES string of the molecule is COC(=O)c1ccc(C=O)cc1C(F)(F)F.O=Cc1ccc(Br)c(C(F)(F)F)c1. The van der Waals surface area contributed by atoms with E-state index in [1.165, 1.54) is 12.1 Å². The normalized spacial score (nSPS) is 11.2. The molecule has 2 aromatic carbocycles. The molecule has 0 N–H and O–H groups in total. The van der Waals surface area contributed by atoms with Gasteiger partial charge in [-0.15, -0.1) is 0 Å². The molecule has 0 bridgehead atoms. The Kier molecular flexibility index (Phi) is 8.13. The van der Waals surface area contributed by atoms with Gasteiger partial charge in [0.2, 0.25) is 0 Å². The van der Waals surface area contributed by atoms with Crippen molar-refractivity contribution in [3.8, 4) is 0 Å². The smallest absolute Gasteiger partial charge is 0.417 e. The molecule has 0 saturated carbocycles. The summed E-state index contributed by atoms with van der Waals surface area (Å²) in [6.45, 7) is 0. The highest BCUT2D eigenvalue weighted by Gasteiger charge is 2.36. The summed E-state index contributed by atoms with van der Waals surface area (Å²) >= 11 is 2.76. The Morgan fingerprint density at radius 1 is 0.862 bits per heavy atom. The van der Waals surface area contributed by atoms with Crippen molar-refractivity contribution < 1.29 is 45.5 Å². The number of rotatable bonds is 3. The first-order chi connectivity index (χ1) is 13.3. The minimum atomic E-state index is -4.71. The van der Waals surface area contributed by atoms with Crippen molar-refractivity contribution in [2.24, 2.45) is 0 Å². The van der Waals surface area contributed by atoms with Gasteiger partial charge in [-0.3, -0.25) is 9.59 Å². The van der Waals surface area contributed by atoms with E-state index in [1.807, 2.05) is 0 Å². The summed E-state index contributed by atoms with van der Waals surface area (Å²) in [6.07, 6.45) is -8.49. The van der Waals surface area contributed by atoms with E-state index < -0.39 is 35.0 Å². The molecule has 0 amide bonds. The van der Waals surface area contributed by atoms with Gasteiger partial charge in [0.25, 0.3) is 0 Å². The highest BCUT2D eigenvalue weighted by molar-refractivity contribution is 9.10. The maximum absolute atomic E-state index is 12.5. The molecule has 0 aliphatic rings. The largest absolute Gasteiger partial charge is 0.465 e. The van der Waals surface area contributed by atoms with Crippen LogP contribution in [0.4, 0.5) is 26.3 Å². The third kappa shape index (κ3) is 6.70. The third-order valence-corrected chi connectivity index (χ3v) is 4.01. The predicted molar refractivity (Wildman–Crippen MR) is 92.7 cm³/mol. The molecule has 0 unspecified atom stereocenters. The Morgan fingerprint density at radius 2 is 1.31 bits per heavy atom. The van der Waals surface area contributed by atoms with Gasteiger partial charge in [-0.1, -0.05) is 28.1 Å². The van der Waals surface area contributed by atoms with Crippen molar-refractivity contribution >= 4 is 34.5 Å². The molecular formula is C18H11BrF6O4. The average Bonchev–Trinajstić information content (AvgIpc) is 2.66. The number of esters is 1. The van der Waals surface area contributed by atoms with Gasteiger partial charge in [-0.2, -0.15) is 26.3 Å². The standard InChI is InChI=1S/C10H7F3O3.C8H4BrF3O/c1-16-9(15)7-3-2-6(5-14)4-8(7)10(11,12)13;9-7-2-1-5(4-13)3-6(7)8(10,11)12/h2-5H,1H3;1-4H. The molecule has 0 atom stereocenters. The van der Waals surface area contributed by atoms with Crippen LogP contribution in [0.5, 0.6) is 0 Å². The molecule has 0 aliphatic heterocycles. The number of hydrogen-bond donors (Lipinski definition) is 0. The van der Waals surface area contributed by atoms with Crippen molar-refractivity contribution in [3.63, 3.8) is 0 Å². The molecule has 0 aliphatic carbocycles. The van der Waals surface area contributed by atoms with Crippen LogP contribution >= 0.6 is 15.9 Å². The Morgan fingerprint density at radius 3 is 1.72 bits per heavy atom. The Hall–Kier alpha value is -2.69. The van der Waals surface area contributed by atoms with Crippen molar-refractivity contribution in [1.82, 2.24) is 0 Å². The van der Waals surface area contributed by atoms with E-state index in [-0.39, 0.29) is 21.9 Å². The molecule has 0 radical (unpaired) electrons. The molecular weight excluding hydrogens is 474 g/mol. The second-order valence-corrected chi connectivity index (χ2v) is 6.12. The minimum absolute atomic E-state index is 0.00975. The van der Waals surface area contributed by atoms with Gasteiger partial charge in [0.15, 0.2) is 0 Å². The van der Waals surface area contributed by atoms with Crippen molar-refractivity contribution in [2.45, 2.75) is 12.4 Å². The van der Waals surface area contributed by atoms with E-state index in [2.05, 4.69) is 20.7 Å². The second-order valence-electron chi connectivity index (χ2n) is 5.27. The van der Waals surface area contributed by atoms with E-state index in [0.717, 1.165) is 25.3 Å². The second kappa shape index (κ2) is 9.68. The maximum Gasteiger partial charge on any atom is 0.417 e. The van der Waals surface area contributed by atoms with Crippen molar-refractivity contribution in [3.05, 3.63) is 68.7 Å². The first-order valence-corrected chi connectivity index (χ1v) is 8.21. The fourth-order valence-corrected chi connectivity index (χ4v) is 2.46. The van der Waals surface area contributed by atoms with Gasteiger partial charge < -0.3 is 4.74 Å². The van der Waals surface area contributed by atoms with Gasteiger partial charge in [0.1, 0.15) is 12.6 Å². The third-order valence-electron chi connectivity index (χ3n) is 3.32. The van der Waals surface area contributed by atoms with Crippen LogP contribution in [0.3, 0.4) is 0 Å². The van der Waals surface area contributed by atoms with Gasteiger partial charge in [0, 0.05) is 15.6 Å². The molecule has 156 valence electrons. The highest BCUT2D eigenvalue weighted by atomic mass is 79.9. The minimum Gasteiger partial charge on any atom is -0.465 e. The van der Waals surface area contributed by atoms with Gasteiger partial charge in [-0.05, 0) is 24.3 Å². The zero-order chi connectivity index (χ0) is 22.4. The predicted octanol–water partition coefficient (Wildman–Crippen LogP) is 5.58. The lowest BCUT2D eigenvalue weighted by Crippen LogP contribution is -2.14. The number of carbonyl (C=O) groups excluding carboxylic acids is 3. The molecule has 0 aromatic heterocycles. The number of carbonyl (C=O) groups is 3. The van der Waals surface area contributed by atoms with Gasteiger partial charge in [0.05, 0.1) is 23.8 Å². The van der Waals surface area contributed by atoms with Crippen LogP contribution in [-0.2, 0) is 17.1 Å². The number of ether oxygens (including phenoxy) is 1. The summed E-state index contributed by atoms with van der Waals surface area (Å²) < 4.78 is 78.4. The van der Waals surface area contributed by atoms with Crippen LogP contribution in [0.1, 0.15) is 42.2 Å². The van der Waals surface area contributed by atoms with Crippen molar-refractivity contribution in [2.75, 3.05) is 7.11 Å². The summed E-state index contributed by atoms with van der Waals surface area (Å²) in [6, 6.07) is 5.96. The number of hydrogen-bond acceptors (Lipinski definition) is 4. The van der Waals surface area contributed by atoms with Gasteiger partial charge in [-0.25, -0.2) is 4.79 Å². The lowest BCUT2D eigenvalue weighted by molar-refractivity contribution is -0.139. The lowest BCUT2D eigenvalue weighted by atomic mass is 10.0. The molecule has 2 aromatic rings. The van der Waals surface area contributed by atoms with Crippen LogP contribution < -0.4 is 0 Å². The summed E-state index contributed by atoms with van der Waals surface area (Å²) in [5, 5.41) is 0. The fraction of sp³-hybridized carbons (Fsp3) is 0.167. The number of alkyl halides is 6. The van der Waals surface area contributed by atoms with Crippen LogP contribution in [0, 0.1) is 0 Å². The maximum atomic E-state index is 12.5. The molecule has 4 nitrogen and oxygen atoms in total. The Bertz CT molecular complexity index is 906. The lowest BCUT2D eigenvalue weighted by Gasteiger charge is -2.11. The first kappa shape index (κ1) is 24.3. The van der Waals surface area contributed by atoms with E-state index >= 15 is 0 Å². The van der Waals surface area contributed by atoms with E-state index in [0.29, 0.717) is 12.4 Å². The number of benzene rings is 2. The summed E-state index contributed by atoms with van der Waals surface area (Å²) in [4.78, 5) is 31.6. The Labute approximate surface area is 168 Å². The Balaban J connectivity index is 0.000000296. The van der Waals surface area contributed by atoms with Crippen molar-refractivity contribution in [1.29, 1.82) is 0 Å². The monoisotopic (exact) mass is 484 g/mol. The quantitative estimate of drug-likeness (QED) is 0.324. The summed E-state index contributed by atoms with van der Waals surface area (Å²) in [7, 11) is 0.982. The molecule has 0 heterocycles. The zero-order valence-corrected chi connectivity index (χ0v) is 16.0. The summed E-state index contributed by atoms with van der Waals surface area (Å²) in [5.41, 5.74) is -2.77. The average molecular weight is 485 g/mol. The fourth-order valence-electron chi connectivity index (χ4n) is 1.99. The van der Waals surface area contributed by atoms with Gasteiger partial charge >= 0.3 is 18.3 Å². The van der Waals surface area contributed by atoms with E-state index in [9.17, 15) is 40.7 Å². The summed E-state index contributed by atoms with van der Waals surface area (Å²) in [5.74, 6) is -1.09. The zero-order valence-electron chi connectivity index (χ0n) is 14.4. The molecule has 0 saturated heterocycles. The molecule has 0 fully saturated rings. The molecule has 0 spiro atoms. The number of halogens is 7. The van der Waals surface area contributed by atoms with Crippen LogP contribution in [0.15, 0.2) is 40.9 Å². The number of aldehydes is 2. The highest BCUT2D eigenvalue weighted by Crippen LogP contribution is 2.35. The molecule has 29 heavy (non-hydrogen) atoms. The topological polar surface area (TPSA) is 60.4 Å². The number of methoxy groups -OCH3 is 1. The van der Waals surface area contributed by atoms with Crippen LogP contribution in [-0.4, -0.2) is 25.7 Å². The molecule has 11 heteroatoms. The van der Waals surface area contributed by atoms with E-state index in [1.54, 1.807) is 0 Å². The van der Waals surface area contributed by atoms with Crippen LogP contribution in [0.2, 0.25) is 0 Å². The molecule has 2 rings (SSSR count). The first-order valence-electron chi connectivity index (χ1n) is 7.41. The van der Waals surface area contributed by atoms with E-state index in [4.69, 9.17) is 0 Å².